The van der Waals surface area contributed by atoms with Crippen LogP contribution in [0.1, 0.15) is 31.7 Å². The molecule has 0 aromatic heterocycles. The van der Waals surface area contributed by atoms with Gasteiger partial charge in [0.2, 0.25) is 0 Å². The van der Waals surface area contributed by atoms with Crippen LogP contribution in [0.3, 0.4) is 0 Å². The van der Waals surface area contributed by atoms with Crippen molar-refractivity contribution in [2.45, 2.75) is 38.0 Å². The van der Waals surface area contributed by atoms with Crippen LogP contribution in [-0.2, 0) is 19.0 Å². The number of hydrogen-bond acceptors (Lipinski definition) is 4. The highest BCUT2D eigenvalue weighted by Crippen LogP contribution is 2.32. The molecule has 1 aliphatic heterocycles. The third-order valence-electron chi connectivity index (χ3n) is 3.62. The lowest BCUT2D eigenvalue weighted by Crippen LogP contribution is -2.39. The Kier molecular flexibility index (Phi) is 4.83. The molecule has 0 N–H and O–H groups in total. The molecule has 112 valence electrons. The highest BCUT2D eigenvalue weighted by atomic mass is 32.2. The van der Waals surface area contributed by atoms with Gasteiger partial charge in [-0.2, -0.15) is 8.42 Å². The SMILES string of the molecule is Cc1ccc(S(=O)(=O)OCCCCC2(C)COC2)cc1. The molecule has 0 unspecified atom stereocenters. The van der Waals surface area contributed by atoms with Gasteiger partial charge in [0.1, 0.15) is 0 Å². The summed E-state index contributed by atoms with van der Waals surface area (Å²) in [5.74, 6) is 0. The zero-order valence-corrected chi connectivity index (χ0v) is 12.9. The van der Waals surface area contributed by atoms with Crippen LogP contribution in [0.15, 0.2) is 29.2 Å². The highest BCUT2D eigenvalue weighted by Gasteiger charge is 2.32. The van der Waals surface area contributed by atoms with Gasteiger partial charge in [-0.15, -0.1) is 0 Å². The molecule has 1 fully saturated rings. The first-order valence-electron chi connectivity index (χ1n) is 6.95. The van der Waals surface area contributed by atoms with Crippen molar-refractivity contribution >= 4 is 10.1 Å². The molecule has 1 heterocycles. The fourth-order valence-corrected chi connectivity index (χ4v) is 3.13. The van der Waals surface area contributed by atoms with E-state index in [0.29, 0.717) is 0 Å². The average Bonchev–Trinajstić information content (AvgIpc) is 2.36. The molecule has 5 heteroatoms. The van der Waals surface area contributed by atoms with E-state index in [1.165, 1.54) is 0 Å². The summed E-state index contributed by atoms with van der Waals surface area (Å²) in [6.45, 7) is 5.99. The zero-order valence-electron chi connectivity index (χ0n) is 12.1. The summed E-state index contributed by atoms with van der Waals surface area (Å²) < 4.78 is 34.1. The molecule has 0 bridgehead atoms. The second-order valence-corrected chi connectivity index (χ2v) is 7.47. The van der Waals surface area contributed by atoms with Crippen LogP contribution in [0.25, 0.3) is 0 Å². The quantitative estimate of drug-likeness (QED) is 0.574. The minimum Gasteiger partial charge on any atom is -0.380 e. The van der Waals surface area contributed by atoms with Gasteiger partial charge in [-0.25, -0.2) is 0 Å². The van der Waals surface area contributed by atoms with Crippen LogP contribution in [0.5, 0.6) is 0 Å². The second-order valence-electron chi connectivity index (χ2n) is 5.85. The van der Waals surface area contributed by atoms with Gasteiger partial charge in [0.05, 0.1) is 24.7 Å². The number of aryl methyl sites for hydroxylation is 1. The molecule has 0 radical (unpaired) electrons. The molecule has 1 aromatic carbocycles. The molecule has 1 saturated heterocycles. The average molecular weight is 298 g/mol. The maximum absolute atomic E-state index is 11.9. The largest absolute Gasteiger partial charge is 0.380 e. The predicted octanol–water partition coefficient (Wildman–Crippen LogP) is 2.91. The van der Waals surface area contributed by atoms with Crippen molar-refractivity contribution < 1.29 is 17.3 Å². The normalized spacial score (nSPS) is 17.7. The molecule has 0 amide bonds. The minimum atomic E-state index is -3.61. The van der Waals surface area contributed by atoms with Gasteiger partial charge in [-0.05, 0) is 31.9 Å². The first-order chi connectivity index (χ1) is 9.41. The van der Waals surface area contributed by atoms with E-state index >= 15 is 0 Å². The Bertz CT molecular complexity index is 529. The van der Waals surface area contributed by atoms with Crippen LogP contribution in [0.4, 0.5) is 0 Å². The molecule has 1 aromatic rings. The molecule has 20 heavy (non-hydrogen) atoms. The lowest BCUT2D eigenvalue weighted by molar-refractivity contribution is -0.106. The number of unbranched alkanes of at least 4 members (excludes halogenated alkanes) is 1. The maximum atomic E-state index is 11.9. The molecule has 4 nitrogen and oxygen atoms in total. The van der Waals surface area contributed by atoms with Crippen LogP contribution < -0.4 is 0 Å². The Balaban J connectivity index is 1.74. The van der Waals surface area contributed by atoms with Crippen molar-refractivity contribution in [1.82, 2.24) is 0 Å². The molecule has 0 atom stereocenters. The molecule has 2 rings (SSSR count). The molecule has 0 spiro atoms. The third kappa shape index (κ3) is 4.04. The van der Waals surface area contributed by atoms with Crippen molar-refractivity contribution in [3.05, 3.63) is 29.8 Å². The Morgan fingerprint density at radius 1 is 1.20 bits per heavy atom. The van der Waals surface area contributed by atoms with E-state index in [9.17, 15) is 8.42 Å². The summed E-state index contributed by atoms with van der Waals surface area (Å²) >= 11 is 0. The van der Waals surface area contributed by atoms with Crippen molar-refractivity contribution in [2.75, 3.05) is 19.8 Å². The number of benzene rings is 1. The zero-order chi connectivity index (χ0) is 14.6. The summed E-state index contributed by atoms with van der Waals surface area (Å²) in [6, 6.07) is 6.70. The Hall–Kier alpha value is -0.910. The van der Waals surface area contributed by atoms with Crippen LogP contribution in [-0.4, -0.2) is 28.2 Å². The van der Waals surface area contributed by atoms with Gasteiger partial charge in [0.15, 0.2) is 0 Å². The standard InChI is InChI=1S/C15H22O4S/c1-13-5-7-14(8-6-13)20(16,17)19-10-4-3-9-15(2)11-18-12-15/h5-8H,3-4,9-12H2,1-2H3. The van der Waals surface area contributed by atoms with E-state index in [1.807, 2.05) is 6.92 Å². The van der Waals surface area contributed by atoms with Gasteiger partial charge < -0.3 is 4.74 Å². The fraction of sp³-hybridized carbons (Fsp3) is 0.600. The maximum Gasteiger partial charge on any atom is 0.296 e. The summed E-state index contributed by atoms with van der Waals surface area (Å²) in [4.78, 5) is 0.224. The number of rotatable bonds is 7. The smallest absolute Gasteiger partial charge is 0.296 e. The van der Waals surface area contributed by atoms with Crippen molar-refractivity contribution in [3.8, 4) is 0 Å². The fourth-order valence-electron chi connectivity index (χ4n) is 2.19. The van der Waals surface area contributed by atoms with Crippen LogP contribution >= 0.6 is 0 Å². The van der Waals surface area contributed by atoms with E-state index in [0.717, 1.165) is 38.0 Å². The molecule has 0 aliphatic carbocycles. The number of ether oxygens (including phenoxy) is 1. The topological polar surface area (TPSA) is 52.6 Å². The van der Waals surface area contributed by atoms with E-state index in [4.69, 9.17) is 8.92 Å². The lowest BCUT2D eigenvalue weighted by Gasteiger charge is -2.38. The molecule has 0 saturated carbocycles. The Labute approximate surface area is 121 Å². The molecular weight excluding hydrogens is 276 g/mol. The first kappa shape index (κ1) is 15.5. The molecule has 1 aliphatic rings. The summed E-state index contributed by atoms with van der Waals surface area (Å²) in [7, 11) is -3.61. The van der Waals surface area contributed by atoms with Crippen LogP contribution in [0.2, 0.25) is 0 Å². The van der Waals surface area contributed by atoms with Crippen molar-refractivity contribution in [3.63, 3.8) is 0 Å². The lowest BCUT2D eigenvalue weighted by atomic mass is 9.83. The monoisotopic (exact) mass is 298 g/mol. The Morgan fingerprint density at radius 2 is 1.85 bits per heavy atom. The Morgan fingerprint density at radius 3 is 2.40 bits per heavy atom. The van der Waals surface area contributed by atoms with Crippen molar-refractivity contribution in [1.29, 1.82) is 0 Å². The third-order valence-corrected chi connectivity index (χ3v) is 4.95. The van der Waals surface area contributed by atoms with Gasteiger partial charge in [-0.1, -0.05) is 31.0 Å². The number of hydrogen-bond donors (Lipinski definition) is 0. The summed E-state index contributed by atoms with van der Waals surface area (Å²) in [6.07, 6.45) is 2.77. The van der Waals surface area contributed by atoms with Gasteiger partial charge in [0.25, 0.3) is 10.1 Å². The van der Waals surface area contributed by atoms with Gasteiger partial charge in [0, 0.05) is 5.41 Å². The van der Waals surface area contributed by atoms with E-state index in [1.54, 1.807) is 24.3 Å². The van der Waals surface area contributed by atoms with Gasteiger partial charge in [-0.3, -0.25) is 4.18 Å². The van der Waals surface area contributed by atoms with E-state index in [-0.39, 0.29) is 16.9 Å². The van der Waals surface area contributed by atoms with E-state index in [2.05, 4.69) is 6.92 Å². The van der Waals surface area contributed by atoms with Crippen molar-refractivity contribution in [2.24, 2.45) is 5.41 Å². The minimum absolute atomic E-state index is 0.224. The second kappa shape index (κ2) is 6.24. The van der Waals surface area contributed by atoms with Crippen LogP contribution in [0, 0.1) is 12.3 Å². The predicted molar refractivity (Wildman–Crippen MR) is 77.1 cm³/mol. The van der Waals surface area contributed by atoms with Gasteiger partial charge >= 0.3 is 0 Å². The first-order valence-corrected chi connectivity index (χ1v) is 8.36. The summed E-state index contributed by atoms with van der Waals surface area (Å²) in [5, 5.41) is 0. The van der Waals surface area contributed by atoms with E-state index < -0.39 is 10.1 Å². The molecular formula is C15H22O4S. The highest BCUT2D eigenvalue weighted by molar-refractivity contribution is 7.86. The summed E-state index contributed by atoms with van der Waals surface area (Å²) in [5.41, 5.74) is 1.32.